The van der Waals surface area contributed by atoms with Crippen LogP contribution in [0.2, 0.25) is 5.02 Å². The molecule has 0 aliphatic heterocycles. The number of rotatable bonds is 8. The fourth-order valence-corrected chi connectivity index (χ4v) is 3.99. The van der Waals surface area contributed by atoms with E-state index in [0.29, 0.717) is 28.0 Å². The molecule has 0 radical (unpaired) electrons. The minimum absolute atomic E-state index is 0.114. The lowest BCUT2D eigenvalue weighted by Crippen LogP contribution is -2.16. The third kappa shape index (κ3) is 5.89. The number of anilines is 1. The van der Waals surface area contributed by atoms with Gasteiger partial charge in [0.2, 0.25) is 5.91 Å². The largest absolute Gasteiger partial charge is 0.459 e. The van der Waals surface area contributed by atoms with Crippen LogP contribution in [0.25, 0.3) is 11.4 Å². The van der Waals surface area contributed by atoms with Gasteiger partial charge in [-0.2, -0.15) is 0 Å². The molecule has 9 heteroatoms. The number of halogens is 1. The van der Waals surface area contributed by atoms with Gasteiger partial charge in [0.25, 0.3) is 0 Å². The number of aryl methyl sites for hydroxylation is 1. The molecule has 3 rings (SSSR count). The second-order valence-electron chi connectivity index (χ2n) is 7.41. The third-order valence-corrected chi connectivity index (χ3v) is 5.76. The Kier molecular flexibility index (Phi) is 7.93. The lowest BCUT2D eigenvalue weighted by molar-refractivity contribution is -0.113. The monoisotopic (exact) mass is 472 g/mol. The highest BCUT2D eigenvalue weighted by atomic mass is 35.5. The Hall–Kier alpha value is -2.84. The maximum Gasteiger partial charge on any atom is 0.338 e. The second-order valence-corrected chi connectivity index (χ2v) is 8.76. The molecule has 0 saturated heterocycles. The van der Waals surface area contributed by atoms with Crippen molar-refractivity contribution in [1.29, 1.82) is 0 Å². The Morgan fingerprint density at radius 2 is 1.97 bits per heavy atom. The number of amides is 1. The van der Waals surface area contributed by atoms with Crippen molar-refractivity contribution < 1.29 is 14.3 Å². The second kappa shape index (κ2) is 10.7. The topological polar surface area (TPSA) is 86.1 Å². The van der Waals surface area contributed by atoms with Crippen LogP contribution in [0.1, 0.15) is 36.7 Å². The number of esters is 1. The summed E-state index contributed by atoms with van der Waals surface area (Å²) in [4.78, 5) is 24.7. The van der Waals surface area contributed by atoms with Crippen molar-refractivity contribution in [3.05, 3.63) is 58.6 Å². The van der Waals surface area contributed by atoms with E-state index < -0.39 is 5.97 Å². The van der Waals surface area contributed by atoms with Crippen molar-refractivity contribution in [1.82, 2.24) is 14.8 Å². The summed E-state index contributed by atoms with van der Waals surface area (Å²) < 4.78 is 7.17. The predicted octanol–water partition coefficient (Wildman–Crippen LogP) is 5.22. The number of benzene rings is 2. The molecule has 1 N–H and O–H groups in total. The summed E-state index contributed by atoms with van der Waals surface area (Å²) in [5.41, 5.74) is 2.79. The van der Waals surface area contributed by atoms with E-state index in [-0.39, 0.29) is 17.8 Å². The zero-order valence-corrected chi connectivity index (χ0v) is 20.0. The average molecular weight is 473 g/mol. The van der Waals surface area contributed by atoms with Crippen molar-refractivity contribution in [3.63, 3.8) is 0 Å². The van der Waals surface area contributed by atoms with Crippen LogP contribution in [0.4, 0.5) is 5.69 Å². The molecule has 0 aliphatic rings. The number of thioether (sulfide) groups is 1. The molecule has 0 saturated carbocycles. The number of aromatic nitrogens is 3. The standard InChI is InChI=1S/C23H25ClN4O3S/c1-5-28-21(16-8-6-7-15(4)11-16)26-27-23(28)32-13-20(29)25-19-12-17(9-10-18(19)24)22(30)31-14(2)3/h6-12,14H,5,13H2,1-4H3,(H,25,29). The van der Waals surface area contributed by atoms with E-state index in [1.165, 1.54) is 17.8 Å². The van der Waals surface area contributed by atoms with Gasteiger partial charge in [0.05, 0.1) is 28.1 Å². The zero-order valence-electron chi connectivity index (χ0n) is 18.4. The smallest absolute Gasteiger partial charge is 0.338 e. The van der Waals surface area contributed by atoms with Gasteiger partial charge in [-0.05, 0) is 52.0 Å². The lowest BCUT2D eigenvalue weighted by atomic mass is 10.1. The van der Waals surface area contributed by atoms with Crippen molar-refractivity contribution in [2.45, 2.75) is 45.5 Å². The summed E-state index contributed by atoms with van der Waals surface area (Å²) in [5.74, 6) is 0.136. The van der Waals surface area contributed by atoms with Gasteiger partial charge in [-0.25, -0.2) is 4.79 Å². The Labute approximate surface area is 196 Å². The number of hydrogen-bond acceptors (Lipinski definition) is 6. The summed E-state index contributed by atoms with van der Waals surface area (Å²) in [5, 5.41) is 12.3. The number of hydrogen-bond donors (Lipinski definition) is 1. The molecular weight excluding hydrogens is 448 g/mol. The molecule has 0 spiro atoms. The number of carbonyl (C=O) groups excluding carboxylic acids is 2. The van der Waals surface area contributed by atoms with Crippen LogP contribution in [-0.4, -0.2) is 38.5 Å². The molecule has 1 amide bonds. The van der Waals surface area contributed by atoms with Crippen molar-refractivity contribution >= 4 is 40.9 Å². The fraction of sp³-hybridized carbons (Fsp3) is 0.304. The Morgan fingerprint density at radius 3 is 2.66 bits per heavy atom. The van der Waals surface area contributed by atoms with Gasteiger partial charge in [-0.3, -0.25) is 4.79 Å². The molecule has 1 heterocycles. The summed E-state index contributed by atoms with van der Waals surface area (Å²) in [7, 11) is 0. The molecule has 1 aromatic heterocycles. The van der Waals surface area contributed by atoms with Gasteiger partial charge in [0.15, 0.2) is 11.0 Å². The number of ether oxygens (including phenoxy) is 1. The molecule has 2 aromatic carbocycles. The molecule has 0 unspecified atom stereocenters. The highest BCUT2D eigenvalue weighted by Crippen LogP contribution is 2.26. The van der Waals surface area contributed by atoms with Crippen molar-refractivity contribution in [2.24, 2.45) is 0 Å². The molecule has 7 nitrogen and oxygen atoms in total. The van der Waals surface area contributed by atoms with Gasteiger partial charge in [-0.1, -0.05) is 47.1 Å². The average Bonchev–Trinajstić information content (AvgIpc) is 3.16. The summed E-state index contributed by atoms with van der Waals surface area (Å²) in [6.07, 6.45) is -0.242. The fourth-order valence-electron chi connectivity index (χ4n) is 3.02. The van der Waals surface area contributed by atoms with E-state index in [1.54, 1.807) is 26.0 Å². The molecule has 0 atom stereocenters. The summed E-state index contributed by atoms with van der Waals surface area (Å²) in [6, 6.07) is 12.7. The normalized spacial score (nSPS) is 10.9. The van der Waals surface area contributed by atoms with E-state index >= 15 is 0 Å². The van der Waals surface area contributed by atoms with Gasteiger partial charge >= 0.3 is 5.97 Å². The number of nitrogens with zero attached hydrogens (tertiary/aromatic N) is 3. The predicted molar refractivity (Wildman–Crippen MR) is 127 cm³/mol. The van der Waals surface area contributed by atoms with E-state index in [9.17, 15) is 9.59 Å². The van der Waals surface area contributed by atoms with Crippen molar-refractivity contribution in [2.75, 3.05) is 11.1 Å². The molecule has 0 bridgehead atoms. The van der Waals surface area contributed by atoms with Gasteiger partial charge in [0, 0.05) is 12.1 Å². The van der Waals surface area contributed by atoms with Gasteiger partial charge < -0.3 is 14.6 Å². The molecular formula is C23H25ClN4O3S. The first-order valence-electron chi connectivity index (χ1n) is 10.2. The van der Waals surface area contributed by atoms with Crippen LogP contribution in [-0.2, 0) is 16.1 Å². The molecule has 32 heavy (non-hydrogen) atoms. The molecule has 3 aromatic rings. The summed E-state index contributed by atoms with van der Waals surface area (Å²) in [6.45, 7) is 8.25. The number of carbonyl (C=O) groups is 2. The first kappa shape index (κ1) is 23.8. The Morgan fingerprint density at radius 1 is 1.19 bits per heavy atom. The van der Waals surface area contributed by atoms with Crippen LogP contribution < -0.4 is 5.32 Å². The zero-order chi connectivity index (χ0) is 23.3. The van der Waals surface area contributed by atoms with Gasteiger partial charge in [-0.15, -0.1) is 10.2 Å². The maximum atomic E-state index is 12.6. The van der Waals surface area contributed by atoms with Crippen LogP contribution in [0.3, 0.4) is 0 Å². The van der Waals surface area contributed by atoms with Crippen LogP contribution in [0.15, 0.2) is 47.6 Å². The van der Waals surface area contributed by atoms with E-state index in [1.807, 2.05) is 36.6 Å². The highest BCUT2D eigenvalue weighted by molar-refractivity contribution is 7.99. The van der Waals surface area contributed by atoms with E-state index in [0.717, 1.165) is 17.0 Å². The van der Waals surface area contributed by atoms with Gasteiger partial charge in [0.1, 0.15) is 0 Å². The SMILES string of the molecule is CCn1c(SCC(=O)Nc2cc(C(=O)OC(C)C)ccc2Cl)nnc1-c1cccc(C)c1. The number of nitrogens with one attached hydrogen (secondary N) is 1. The molecule has 0 fully saturated rings. The first-order chi connectivity index (χ1) is 15.3. The van der Waals surface area contributed by atoms with Crippen molar-refractivity contribution in [3.8, 4) is 11.4 Å². The third-order valence-electron chi connectivity index (χ3n) is 4.46. The molecule has 168 valence electrons. The minimum atomic E-state index is -0.471. The van der Waals surface area contributed by atoms with E-state index in [2.05, 4.69) is 21.6 Å². The first-order valence-corrected chi connectivity index (χ1v) is 11.6. The minimum Gasteiger partial charge on any atom is -0.459 e. The van der Waals surface area contributed by atoms with Crippen LogP contribution in [0, 0.1) is 6.92 Å². The van der Waals surface area contributed by atoms with Crippen LogP contribution >= 0.6 is 23.4 Å². The lowest BCUT2D eigenvalue weighted by Gasteiger charge is -2.11. The maximum absolute atomic E-state index is 12.6. The quantitative estimate of drug-likeness (QED) is 0.357. The Bertz CT molecular complexity index is 1130. The highest BCUT2D eigenvalue weighted by Gasteiger charge is 2.16. The summed E-state index contributed by atoms with van der Waals surface area (Å²) >= 11 is 7.49. The van der Waals surface area contributed by atoms with E-state index in [4.69, 9.17) is 16.3 Å². The Balaban J connectivity index is 1.69. The molecule has 0 aliphatic carbocycles. The van der Waals surface area contributed by atoms with Crippen LogP contribution in [0.5, 0.6) is 0 Å².